The van der Waals surface area contributed by atoms with Crippen molar-refractivity contribution in [2.24, 2.45) is 16.1 Å². The molecular formula is C7H9N7O. The van der Waals surface area contributed by atoms with E-state index >= 15 is 0 Å². The van der Waals surface area contributed by atoms with E-state index in [4.69, 9.17) is 11.0 Å². The van der Waals surface area contributed by atoms with Crippen LogP contribution in [0.3, 0.4) is 0 Å². The standard InChI is InChI=1S/C7H9N7O/c1-14(3-2-8)13-12-7-5(6(9)15)10-4-11-7/h4H,3H2,1H3,(H2,9,15)(H,10,11)/b13-12+. The van der Waals surface area contributed by atoms with Crippen molar-refractivity contribution in [1.29, 1.82) is 5.26 Å². The monoisotopic (exact) mass is 207 g/mol. The molecule has 8 nitrogen and oxygen atoms in total. The highest BCUT2D eigenvalue weighted by atomic mass is 16.1. The van der Waals surface area contributed by atoms with E-state index in [0.717, 1.165) is 0 Å². The number of nitrogens with one attached hydrogen (secondary N) is 1. The summed E-state index contributed by atoms with van der Waals surface area (Å²) in [6.45, 7) is 0.0971. The molecule has 0 aliphatic carbocycles. The lowest BCUT2D eigenvalue weighted by molar-refractivity contribution is 0.0996. The van der Waals surface area contributed by atoms with Gasteiger partial charge in [0.2, 0.25) is 5.82 Å². The average Bonchev–Trinajstić information content (AvgIpc) is 2.63. The number of carbonyl (C=O) groups excluding carboxylic acids is 1. The largest absolute Gasteiger partial charge is 0.364 e. The number of carbonyl (C=O) groups is 1. The van der Waals surface area contributed by atoms with Crippen LogP contribution in [-0.4, -0.2) is 34.5 Å². The summed E-state index contributed by atoms with van der Waals surface area (Å²) < 4.78 is 0. The van der Waals surface area contributed by atoms with E-state index in [2.05, 4.69) is 20.3 Å². The van der Waals surface area contributed by atoms with Crippen LogP contribution in [0.4, 0.5) is 5.82 Å². The fourth-order valence-electron chi connectivity index (χ4n) is 0.797. The number of aromatic nitrogens is 2. The zero-order chi connectivity index (χ0) is 11.3. The molecule has 1 aromatic heterocycles. The summed E-state index contributed by atoms with van der Waals surface area (Å²) in [5.41, 5.74) is 5.13. The van der Waals surface area contributed by atoms with Gasteiger partial charge in [-0.15, -0.1) is 5.11 Å². The van der Waals surface area contributed by atoms with Crippen molar-refractivity contribution >= 4 is 11.7 Å². The normalized spacial score (nSPS) is 10.1. The molecule has 0 aromatic carbocycles. The van der Waals surface area contributed by atoms with Crippen LogP contribution in [0, 0.1) is 11.3 Å². The number of hydrogen-bond donors (Lipinski definition) is 2. The predicted octanol–water partition coefficient (Wildman–Crippen LogP) is -0.0373. The SMILES string of the molecule is CN(CC#N)/N=N/c1nc[nH]c1C(N)=O. The molecule has 0 fully saturated rings. The van der Waals surface area contributed by atoms with Crippen LogP contribution in [-0.2, 0) is 0 Å². The smallest absolute Gasteiger partial charge is 0.269 e. The van der Waals surface area contributed by atoms with Gasteiger partial charge in [-0.25, -0.2) is 4.98 Å². The first-order valence-corrected chi connectivity index (χ1v) is 3.98. The van der Waals surface area contributed by atoms with Gasteiger partial charge in [0.15, 0.2) is 5.69 Å². The molecule has 0 saturated carbocycles. The molecule has 0 unspecified atom stereocenters. The van der Waals surface area contributed by atoms with Crippen molar-refractivity contribution in [3.63, 3.8) is 0 Å². The molecule has 1 aromatic rings. The fraction of sp³-hybridized carbons (Fsp3) is 0.286. The second kappa shape index (κ2) is 4.71. The minimum atomic E-state index is -0.663. The van der Waals surface area contributed by atoms with Crippen molar-refractivity contribution in [2.45, 2.75) is 0 Å². The first kappa shape index (κ1) is 10.6. The third kappa shape index (κ3) is 2.77. The first-order chi connectivity index (χ1) is 7.15. The number of aromatic amines is 1. The number of H-pyrrole nitrogens is 1. The van der Waals surface area contributed by atoms with E-state index in [-0.39, 0.29) is 18.1 Å². The third-order valence-electron chi connectivity index (χ3n) is 1.46. The number of nitriles is 1. The Kier molecular flexibility index (Phi) is 3.34. The average molecular weight is 207 g/mol. The zero-order valence-electron chi connectivity index (χ0n) is 8.01. The molecule has 0 atom stereocenters. The summed E-state index contributed by atoms with van der Waals surface area (Å²) >= 11 is 0. The van der Waals surface area contributed by atoms with Crippen LogP contribution in [0.5, 0.6) is 0 Å². The van der Waals surface area contributed by atoms with Crippen molar-refractivity contribution in [2.75, 3.05) is 13.6 Å². The van der Waals surface area contributed by atoms with E-state index in [1.165, 1.54) is 11.3 Å². The van der Waals surface area contributed by atoms with E-state index in [0.29, 0.717) is 0 Å². The maximum atomic E-state index is 10.8. The summed E-state index contributed by atoms with van der Waals surface area (Å²) in [6.07, 6.45) is 1.29. The Morgan fingerprint density at radius 2 is 2.60 bits per heavy atom. The number of imidazole rings is 1. The van der Waals surface area contributed by atoms with Crippen LogP contribution in [0.2, 0.25) is 0 Å². The van der Waals surface area contributed by atoms with Crippen molar-refractivity contribution < 1.29 is 4.79 Å². The number of hydrogen-bond acceptors (Lipinski definition) is 5. The first-order valence-electron chi connectivity index (χ1n) is 3.98. The number of rotatable bonds is 4. The Hall–Kier alpha value is -2.43. The van der Waals surface area contributed by atoms with Gasteiger partial charge in [-0.3, -0.25) is 9.80 Å². The third-order valence-corrected chi connectivity index (χ3v) is 1.46. The van der Waals surface area contributed by atoms with Crippen LogP contribution < -0.4 is 5.73 Å². The molecule has 1 heterocycles. The van der Waals surface area contributed by atoms with Gasteiger partial charge < -0.3 is 10.7 Å². The van der Waals surface area contributed by atoms with Gasteiger partial charge >= 0.3 is 0 Å². The number of nitrogens with zero attached hydrogens (tertiary/aromatic N) is 5. The molecule has 78 valence electrons. The zero-order valence-corrected chi connectivity index (χ0v) is 8.01. The molecule has 8 heteroatoms. The Labute approximate surface area is 85.4 Å². The quantitative estimate of drug-likeness (QED) is 0.408. The van der Waals surface area contributed by atoms with Gasteiger partial charge in [-0.1, -0.05) is 5.22 Å². The van der Waals surface area contributed by atoms with Gasteiger partial charge in [-0.2, -0.15) is 5.26 Å². The molecule has 0 aliphatic heterocycles. The van der Waals surface area contributed by atoms with Crippen LogP contribution in [0.1, 0.15) is 10.5 Å². The number of amides is 1. The predicted molar refractivity (Wildman–Crippen MR) is 49.9 cm³/mol. The minimum absolute atomic E-state index is 0.0871. The van der Waals surface area contributed by atoms with Crippen LogP contribution in [0.25, 0.3) is 0 Å². The molecule has 0 saturated heterocycles. The van der Waals surface area contributed by atoms with Crippen LogP contribution in [0.15, 0.2) is 16.7 Å². The highest BCUT2D eigenvalue weighted by Gasteiger charge is 2.09. The summed E-state index contributed by atoms with van der Waals surface area (Å²) in [4.78, 5) is 17.1. The lowest BCUT2D eigenvalue weighted by Gasteiger charge is -2.03. The molecule has 15 heavy (non-hydrogen) atoms. The Morgan fingerprint density at radius 3 is 3.20 bits per heavy atom. The molecule has 0 radical (unpaired) electrons. The number of nitrogens with two attached hydrogens (primary N) is 1. The topological polar surface area (TPSA) is 124 Å². The van der Waals surface area contributed by atoms with Crippen LogP contribution >= 0.6 is 0 Å². The van der Waals surface area contributed by atoms with Gasteiger partial charge in [0, 0.05) is 7.05 Å². The molecule has 0 spiro atoms. The Bertz CT molecular complexity index is 415. The molecular weight excluding hydrogens is 198 g/mol. The van der Waals surface area contributed by atoms with E-state index in [9.17, 15) is 4.79 Å². The fourth-order valence-corrected chi connectivity index (χ4v) is 0.797. The van der Waals surface area contributed by atoms with E-state index in [1.54, 1.807) is 7.05 Å². The molecule has 0 aliphatic rings. The second-order valence-corrected chi connectivity index (χ2v) is 2.63. The Morgan fingerprint density at radius 1 is 1.87 bits per heavy atom. The van der Waals surface area contributed by atoms with E-state index < -0.39 is 5.91 Å². The molecule has 1 amide bonds. The van der Waals surface area contributed by atoms with Crippen molar-refractivity contribution in [3.05, 3.63) is 12.0 Å². The van der Waals surface area contributed by atoms with Gasteiger partial charge in [0.1, 0.15) is 6.54 Å². The maximum Gasteiger partial charge on any atom is 0.269 e. The maximum absolute atomic E-state index is 10.8. The van der Waals surface area contributed by atoms with Gasteiger partial charge in [0.05, 0.1) is 12.4 Å². The summed E-state index contributed by atoms with van der Waals surface area (Å²) in [5, 5.41) is 17.0. The summed E-state index contributed by atoms with van der Waals surface area (Å²) in [5.74, 6) is -0.559. The van der Waals surface area contributed by atoms with E-state index in [1.807, 2.05) is 6.07 Å². The highest BCUT2D eigenvalue weighted by Crippen LogP contribution is 2.13. The van der Waals surface area contributed by atoms with Crippen molar-refractivity contribution in [3.8, 4) is 6.07 Å². The minimum Gasteiger partial charge on any atom is -0.364 e. The molecule has 0 bridgehead atoms. The van der Waals surface area contributed by atoms with Gasteiger partial charge in [-0.05, 0) is 0 Å². The lowest BCUT2D eigenvalue weighted by Crippen LogP contribution is -2.12. The van der Waals surface area contributed by atoms with Gasteiger partial charge in [0.25, 0.3) is 5.91 Å². The second-order valence-electron chi connectivity index (χ2n) is 2.63. The Balaban J connectivity index is 2.77. The molecule has 1 rings (SSSR count). The van der Waals surface area contributed by atoms with Crippen molar-refractivity contribution in [1.82, 2.24) is 15.0 Å². The lowest BCUT2D eigenvalue weighted by atomic mass is 10.4. The number of primary amides is 1. The molecule has 3 N–H and O–H groups in total. The summed E-state index contributed by atoms with van der Waals surface area (Å²) in [6, 6.07) is 1.89. The summed E-state index contributed by atoms with van der Waals surface area (Å²) in [7, 11) is 1.57. The highest BCUT2D eigenvalue weighted by molar-refractivity contribution is 5.94.